The Kier molecular flexibility index (Phi) is 4.80. The Bertz CT molecular complexity index is 1720. The first-order chi connectivity index (χ1) is 17.6. The molecular weight excluding hydrogens is 542 g/mol. The number of nitrogens with zero attached hydrogens (tertiary/aromatic N) is 1. The molecule has 0 unspecified atom stereocenters. The van der Waals surface area contributed by atoms with Crippen LogP contribution in [0.4, 0.5) is 5.69 Å². The van der Waals surface area contributed by atoms with Crippen molar-refractivity contribution in [3.8, 4) is 11.1 Å². The fourth-order valence-electron chi connectivity index (χ4n) is 8.24. The van der Waals surface area contributed by atoms with Gasteiger partial charge in [-0.05, 0) is 0 Å². The third kappa shape index (κ3) is 2.77. The van der Waals surface area contributed by atoms with Gasteiger partial charge >= 0.3 is 219 Å². The van der Waals surface area contributed by atoms with Gasteiger partial charge in [-0.3, -0.25) is 0 Å². The van der Waals surface area contributed by atoms with Crippen molar-refractivity contribution in [1.29, 1.82) is 0 Å². The maximum atomic E-state index is 2.73. The Hall–Kier alpha value is -2.74. The summed E-state index contributed by atoms with van der Waals surface area (Å²) in [6, 6.07) is 36.9. The molecule has 0 N–H and O–H groups in total. The monoisotopic (exact) mass is 577 g/mol. The molecule has 4 aromatic rings. The number of allylic oxidation sites excluding steroid dienone is 4. The van der Waals surface area contributed by atoms with Crippen LogP contribution in [-0.4, -0.2) is 21.0 Å². The van der Waals surface area contributed by atoms with Crippen molar-refractivity contribution in [3.63, 3.8) is 0 Å². The van der Waals surface area contributed by atoms with E-state index in [1.807, 2.05) is 0 Å². The minimum atomic E-state index is -5.62. The summed E-state index contributed by atoms with van der Waals surface area (Å²) in [5.41, 5.74) is 7.08. The molecule has 0 heterocycles. The molecule has 1 nitrogen and oxygen atoms in total. The van der Waals surface area contributed by atoms with E-state index < -0.39 is 14.4 Å². The van der Waals surface area contributed by atoms with E-state index in [2.05, 4.69) is 150 Å². The third-order valence-corrected chi connectivity index (χ3v) is 47.9. The molecule has 0 saturated carbocycles. The van der Waals surface area contributed by atoms with Crippen LogP contribution in [0.5, 0.6) is 0 Å². The van der Waals surface area contributed by atoms with Crippen molar-refractivity contribution in [3.05, 3.63) is 130 Å². The summed E-state index contributed by atoms with van der Waals surface area (Å²) in [5, 5.41) is 0. The van der Waals surface area contributed by atoms with E-state index >= 15 is 0 Å². The molecule has 6 rings (SSSR count). The van der Waals surface area contributed by atoms with E-state index in [9.17, 15) is 0 Å². The van der Waals surface area contributed by atoms with Gasteiger partial charge in [-0.1, -0.05) is 0 Å². The summed E-state index contributed by atoms with van der Waals surface area (Å²) >= 11 is -5.62. The van der Waals surface area contributed by atoms with Crippen LogP contribution < -0.4 is 14.7 Å². The first-order valence-corrected chi connectivity index (χ1v) is 29.2. The number of rotatable bonds is 5. The SMILES string of the molecule is CN(C)c1ccc2c([c]1[Zr]([CH3])([CH3])(=[SiH2])([C]1=CC=CC1)([c]1ccccc1)[c]1ccccc1)Cc1ccccc1-2. The summed E-state index contributed by atoms with van der Waals surface area (Å²) < 4.78 is 11.6. The summed E-state index contributed by atoms with van der Waals surface area (Å²) in [4.78, 5) is 2.36. The van der Waals surface area contributed by atoms with Gasteiger partial charge in [0.05, 0.1) is 0 Å². The van der Waals surface area contributed by atoms with Crippen LogP contribution in [0.25, 0.3) is 11.1 Å². The zero-order chi connectivity index (χ0) is 26.0. The van der Waals surface area contributed by atoms with E-state index in [-0.39, 0.29) is 0 Å². The van der Waals surface area contributed by atoms with Gasteiger partial charge in [0.1, 0.15) is 0 Å². The quantitative estimate of drug-likeness (QED) is 0.237. The van der Waals surface area contributed by atoms with E-state index in [4.69, 9.17) is 0 Å². The van der Waals surface area contributed by atoms with E-state index in [1.165, 1.54) is 34.5 Å². The van der Waals surface area contributed by atoms with Crippen LogP contribution in [0.15, 0.2) is 119 Å². The van der Waals surface area contributed by atoms with Crippen molar-refractivity contribution in [2.45, 2.75) is 22.1 Å². The molecule has 0 saturated heterocycles. The van der Waals surface area contributed by atoms with Crippen molar-refractivity contribution >= 4 is 22.4 Å². The molecule has 37 heavy (non-hydrogen) atoms. The molecule has 0 aliphatic heterocycles. The molecule has 2 aliphatic carbocycles. The fourth-order valence-corrected chi connectivity index (χ4v) is 39.0. The molecule has 0 fully saturated rings. The number of anilines is 1. The van der Waals surface area contributed by atoms with Gasteiger partial charge in [0, 0.05) is 0 Å². The summed E-state index contributed by atoms with van der Waals surface area (Å²) in [5.74, 6) is 0. The molecule has 0 amide bonds. The van der Waals surface area contributed by atoms with Gasteiger partial charge in [0.2, 0.25) is 0 Å². The van der Waals surface area contributed by atoms with Crippen LogP contribution in [-0.2, 0) is 20.9 Å². The Morgan fingerprint density at radius 2 is 1.30 bits per heavy atom. The fraction of sp³-hybridized carbons (Fsp3) is 0.176. The Balaban J connectivity index is 1.97. The normalized spacial score (nSPS) is 17.1. The molecule has 186 valence electrons. The van der Waals surface area contributed by atoms with Crippen LogP contribution in [0, 0.1) is 0 Å². The van der Waals surface area contributed by atoms with Crippen molar-refractivity contribution in [1.82, 2.24) is 0 Å². The third-order valence-electron chi connectivity index (χ3n) is 10.6. The van der Waals surface area contributed by atoms with Crippen molar-refractivity contribution in [2.75, 3.05) is 19.0 Å². The number of hydrogen-bond donors (Lipinski definition) is 0. The molecule has 4 aromatic carbocycles. The first-order valence-electron chi connectivity index (χ1n) is 13.5. The second-order valence-corrected chi connectivity index (χ2v) is 58.7. The van der Waals surface area contributed by atoms with Crippen molar-refractivity contribution in [2.24, 2.45) is 0 Å². The average molecular weight is 579 g/mol. The average Bonchev–Trinajstić information content (AvgIpc) is 3.59. The summed E-state index contributed by atoms with van der Waals surface area (Å²) in [7, 11) is 4.44. The van der Waals surface area contributed by atoms with Crippen LogP contribution in [0.3, 0.4) is 0 Å². The molecule has 0 atom stereocenters. The van der Waals surface area contributed by atoms with Crippen LogP contribution >= 0.6 is 0 Å². The molecule has 0 bridgehead atoms. The van der Waals surface area contributed by atoms with Crippen molar-refractivity contribution < 1.29 is 14.4 Å². The van der Waals surface area contributed by atoms with E-state index in [0.717, 1.165) is 12.8 Å². The second kappa shape index (κ2) is 7.22. The Morgan fingerprint density at radius 3 is 1.86 bits per heavy atom. The predicted molar refractivity (Wildman–Crippen MR) is 163 cm³/mol. The van der Waals surface area contributed by atoms with Gasteiger partial charge in [-0.15, -0.1) is 0 Å². The van der Waals surface area contributed by atoms with Gasteiger partial charge in [0.25, 0.3) is 0 Å². The molecule has 0 aromatic heterocycles. The number of hydrogen-bond acceptors (Lipinski definition) is 1. The first kappa shape index (κ1) is 24.6. The second-order valence-electron chi connectivity index (χ2n) is 13.4. The van der Waals surface area contributed by atoms with Gasteiger partial charge in [-0.2, -0.15) is 0 Å². The summed E-state index contributed by atoms with van der Waals surface area (Å²) in [6.07, 6.45) is 9.07. The number of fused-ring (bicyclic) bond motifs is 3. The molecule has 3 heteroatoms. The molecule has 0 radical (unpaired) electrons. The minimum absolute atomic E-state index is 0.971. The molecule has 0 spiro atoms. The Morgan fingerprint density at radius 1 is 0.703 bits per heavy atom. The van der Waals surface area contributed by atoms with Gasteiger partial charge in [-0.25, -0.2) is 0 Å². The van der Waals surface area contributed by atoms with Crippen LogP contribution in [0.1, 0.15) is 17.5 Å². The van der Waals surface area contributed by atoms with E-state index in [0.29, 0.717) is 0 Å². The summed E-state index contributed by atoms with van der Waals surface area (Å²) in [6.45, 7) is 2.37. The van der Waals surface area contributed by atoms with Gasteiger partial charge < -0.3 is 0 Å². The Labute approximate surface area is 217 Å². The zero-order valence-corrected chi connectivity index (χ0v) is 26.4. The number of benzene rings is 4. The topological polar surface area (TPSA) is 3.24 Å². The standard InChI is InChI=1S/C15H14N.2C6H5.C5H5.2CH3.H2Si.Zr/c1-16(2)13-7-8-15-12(10-13)9-11-5-3-4-6-14(11)15;2*1-2-4-6-5-3-1;1-2-4-5-3-1;;;;/h3-8H,9H2,1-2H3;2*1-5H;1-3H,4H2;2*1H3;1H2;. The van der Waals surface area contributed by atoms with E-state index in [1.54, 1.807) is 6.55 Å². The zero-order valence-electron chi connectivity index (χ0n) is 22.5. The molecular formula is C34H37NSiZr. The molecule has 2 aliphatic rings. The maximum absolute atomic E-state index is 5.62. The van der Waals surface area contributed by atoms with Crippen LogP contribution in [0.2, 0.25) is 9.26 Å². The predicted octanol–water partition coefficient (Wildman–Crippen LogP) is 5.85. The van der Waals surface area contributed by atoms with Gasteiger partial charge in [0.15, 0.2) is 0 Å².